The second-order valence-corrected chi connectivity index (χ2v) is 3.90. The highest BCUT2D eigenvalue weighted by atomic mass is 16.6. The van der Waals surface area contributed by atoms with Crippen molar-refractivity contribution in [3.8, 4) is 0 Å². The van der Waals surface area contributed by atoms with E-state index >= 15 is 0 Å². The number of hydrogen-bond acceptors (Lipinski definition) is 6. The number of aromatic nitrogens is 1. The second-order valence-electron chi connectivity index (χ2n) is 3.90. The number of nitrogens with zero attached hydrogens (tertiary/aromatic N) is 1. The monoisotopic (exact) mass is 279 g/mol. The summed E-state index contributed by atoms with van der Waals surface area (Å²) in [5.74, 6) is -3.16. The fourth-order valence-electron chi connectivity index (χ4n) is 1.57. The van der Waals surface area contributed by atoms with Gasteiger partial charge >= 0.3 is 11.9 Å². The Morgan fingerprint density at radius 2 is 1.70 bits per heavy atom. The van der Waals surface area contributed by atoms with E-state index in [0.717, 1.165) is 0 Å². The van der Waals surface area contributed by atoms with Crippen molar-refractivity contribution in [3.63, 3.8) is 0 Å². The zero-order chi connectivity index (χ0) is 15.0. The number of carbonyl (C=O) groups is 3. The lowest BCUT2D eigenvalue weighted by Gasteiger charge is -2.13. The summed E-state index contributed by atoms with van der Waals surface area (Å²) in [4.78, 5) is 39.3. The Morgan fingerprint density at radius 1 is 1.10 bits per heavy atom. The molecule has 0 aliphatic rings. The Hall–Kier alpha value is -2.24. The van der Waals surface area contributed by atoms with E-state index in [1.807, 2.05) is 0 Å². The van der Waals surface area contributed by atoms with E-state index in [2.05, 4.69) is 4.98 Å². The maximum absolute atomic E-state index is 12.0. The molecule has 1 rings (SSSR count). The maximum Gasteiger partial charge on any atom is 0.320 e. The van der Waals surface area contributed by atoms with Gasteiger partial charge in [-0.2, -0.15) is 0 Å². The van der Waals surface area contributed by atoms with Crippen LogP contribution in [0.1, 0.15) is 30.8 Å². The summed E-state index contributed by atoms with van der Waals surface area (Å²) in [5.41, 5.74) is 0.200. The van der Waals surface area contributed by atoms with E-state index in [-0.39, 0.29) is 25.3 Å². The molecule has 0 saturated carbocycles. The molecule has 0 spiro atoms. The molecule has 0 radical (unpaired) electrons. The molecule has 0 aliphatic carbocycles. The van der Waals surface area contributed by atoms with Gasteiger partial charge in [0, 0.05) is 12.6 Å². The minimum Gasteiger partial charge on any atom is -0.465 e. The highest BCUT2D eigenvalue weighted by molar-refractivity contribution is 6.03. The lowest BCUT2D eigenvalue weighted by atomic mass is 10.0. The molecule has 0 aromatic carbocycles. The van der Waals surface area contributed by atoms with Crippen molar-refractivity contribution >= 4 is 17.7 Å². The number of Topliss-reactive ketones (excluding diaryl/α,β-unsaturated/α-hetero) is 1. The van der Waals surface area contributed by atoms with Crippen molar-refractivity contribution in [1.29, 1.82) is 0 Å². The molecule has 0 aliphatic heterocycles. The van der Waals surface area contributed by atoms with Crippen LogP contribution in [0.3, 0.4) is 0 Å². The highest BCUT2D eigenvalue weighted by Crippen LogP contribution is 2.13. The number of pyridine rings is 1. The molecular formula is C14H17NO5. The smallest absolute Gasteiger partial charge is 0.320 e. The van der Waals surface area contributed by atoms with Crippen molar-refractivity contribution in [2.75, 3.05) is 13.2 Å². The van der Waals surface area contributed by atoms with Gasteiger partial charge in [0.25, 0.3) is 0 Å². The number of carbonyl (C=O) groups excluding carboxylic acids is 3. The highest BCUT2D eigenvalue weighted by Gasteiger charge is 2.32. The standard InChI is InChI=1S/C14H17NO5/c1-3-19-13(17)10(14(18)20-4-2)9-12(16)11-7-5-6-8-15-11/h5-8,10H,3-4,9H2,1-2H3. The minimum absolute atomic E-state index is 0.131. The molecule has 0 atom stereocenters. The molecule has 1 heterocycles. The second kappa shape index (κ2) is 8.04. The van der Waals surface area contributed by atoms with Crippen LogP contribution >= 0.6 is 0 Å². The van der Waals surface area contributed by atoms with Crippen LogP contribution < -0.4 is 0 Å². The van der Waals surface area contributed by atoms with Crippen LogP contribution in [0.5, 0.6) is 0 Å². The first kappa shape index (κ1) is 15.8. The van der Waals surface area contributed by atoms with Crippen molar-refractivity contribution in [1.82, 2.24) is 4.98 Å². The van der Waals surface area contributed by atoms with Crippen LogP contribution in [0.4, 0.5) is 0 Å². The first-order valence-electron chi connectivity index (χ1n) is 6.37. The molecule has 6 heteroatoms. The largest absolute Gasteiger partial charge is 0.465 e. The Labute approximate surface area is 117 Å². The molecule has 0 bridgehead atoms. The third-order valence-electron chi connectivity index (χ3n) is 2.48. The summed E-state index contributed by atoms with van der Waals surface area (Å²) < 4.78 is 9.59. The van der Waals surface area contributed by atoms with E-state index in [0.29, 0.717) is 0 Å². The number of esters is 2. The van der Waals surface area contributed by atoms with Crippen molar-refractivity contribution in [3.05, 3.63) is 30.1 Å². The predicted octanol–water partition coefficient (Wildman–Crippen LogP) is 1.40. The van der Waals surface area contributed by atoms with E-state index in [1.165, 1.54) is 12.3 Å². The number of rotatable bonds is 7. The summed E-state index contributed by atoms with van der Waals surface area (Å²) in [6, 6.07) is 4.85. The molecule has 6 nitrogen and oxygen atoms in total. The number of ether oxygens (including phenoxy) is 2. The third kappa shape index (κ3) is 4.46. The topological polar surface area (TPSA) is 82.6 Å². The fourth-order valence-corrected chi connectivity index (χ4v) is 1.57. The minimum atomic E-state index is -1.25. The van der Waals surface area contributed by atoms with Gasteiger partial charge in [0.15, 0.2) is 11.7 Å². The summed E-state index contributed by atoms with van der Waals surface area (Å²) in [6.07, 6.45) is 1.16. The molecule has 0 N–H and O–H groups in total. The van der Waals surface area contributed by atoms with Gasteiger partial charge in [-0.3, -0.25) is 19.4 Å². The van der Waals surface area contributed by atoms with E-state index in [1.54, 1.807) is 26.0 Å². The number of ketones is 1. The van der Waals surface area contributed by atoms with Gasteiger partial charge in [0.05, 0.1) is 13.2 Å². The van der Waals surface area contributed by atoms with Gasteiger partial charge in [-0.15, -0.1) is 0 Å². The van der Waals surface area contributed by atoms with Crippen LogP contribution in [-0.4, -0.2) is 35.9 Å². The summed E-state index contributed by atoms with van der Waals surface area (Å²) in [7, 11) is 0. The van der Waals surface area contributed by atoms with Crippen LogP contribution in [0.25, 0.3) is 0 Å². The molecule has 0 unspecified atom stereocenters. The lowest BCUT2D eigenvalue weighted by molar-refractivity contribution is -0.161. The molecule has 0 amide bonds. The first-order chi connectivity index (χ1) is 9.60. The SMILES string of the molecule is CCOC(=O)C(CC(=O)c1ccccn1)C(=O)OCC. The van der Waals surface area contributed by atoms with Crippen LogP contribution in [-0.2, 0) is 19.1 Å². The molecule has 108 valence electrons. The van der Waals surface area contributed by atoms with Gasteiger partial charge in [0.2, 0.25) is 0 Å². The first-order valence-corrected chi connectivity index (χ1v) is 6.37. The van der Waals surface area contributed by atoms with Crippen LogP contribution in [0.2, 0.25) is 0 Å². The van der Waals surface area contributed by atoms with Gasteiger partial charge in [-0.25, -0.2) is 0 Å². The Bertz CT molecular complexity index is 454. The molecule has 1 aromatic heterocycles. The predicted molar refractivity (Wildman–Crippen MR) is 69.9 cm³/mol. The average molecular weight is 279 g/mol. The van der Waals surface area contributed by atoms with Crippen molar-refractivity contribution in [2.24, 2.45) is 5.92 Å². The average Bonchev–Trinajstić information content (AvgIpc) is 2.45. The summed E-state index contributed by atoms with van der Waals surface area (Å²) in [5, 5.41) is 0. The quantitative estimate of drug-likeness (QED) is 0.426. The van der Waals surface area contributed by atoms with Crippen LogP contribution in [0, 0.1) is 5.92 Å². The summed E-state index contributed by atoms with van der Waals surface area (Å²) >= 11 is 0. The van der Waals surface area contributed by atoms with E-state index in [9.17, 15) is 14.4 Å². The zero-order valence-corrected chi connectivity index (χ0v) is 11.5. The molecule has 0 fully saturated rings. The Balaban J connectivity index is 2.81. The fraction of sp³-hybridized carbons (Fsp3) is 0.429. The molecular weight excluding hydrogens is 262 g/mol. The summed E-state index contributed by atoms with van der Waals surface area (Å²) in [6.45, 7) is 3.51. The van der Waals surface area contributed by atoms with Gasteiger partial charge in [0.1, 0.15) is 5.69 Å². The Morgan fingerprint density at radius 3 is 2.15 bits per heavy atom. The lowest BCUT2D eigenvalue weighted by Crippen LogP contribution is -2.30. The van der Waals surface area contributed by atoms with Gasteiger partial charge < -0.3 is 9.47 Å². The van der Waals surface area contributed by atoms with Crippen LogP contribution in [0.15, 0.2) is 24.4 Å². The number of hydrogen-bond donors (Lipinski definition) is 0. The molecule has 0 saturated heterocycles. The van der Waals surface area contributed by atoms with E-state index < -0.39 is 23.6 Å². The van der Waals surface area contributed by atoms with E-state index in [4.69, 9.17) is 9.47 Å². The zero-order valence-electron chi connectivity index (χ0n) is 11.5. The van der Waals surface area contributed by atoms with Crippen molar-refractivity contribution < 1.29 is 23.9 Å². The van der Waals surface area contributed by atoms with Crippen molar-refractivity contribution in [2.45, 2.75) is 20.3 Å². The normalized spacial score (nSPS) is 10.2. The van der Waals surface area contributed by atoms with Gasteiger partial charge in [-0.1, -0.05) is 6.07 Å². The Kier molecular flexibility index (Phi) is 6.36. The van der Waals surface area contributed by atoms with Gasteiger partial charge in [-0.05, 0) is 26.0 Å². The third-order valence-corrected chi connectivity index (χ3v) is 2.48. The molecule has 1 aromatic rings. The molecule has 20 heavy (non-hydrogen) atoms. The maximum atomic E-state index is 12.0.